The van der Waals surface area contributed by atoms with E-state index in [1.54, 1.807) is 20.8 Å². The standard InChI is InChI=1S/C12H17N3O4S/c1-6-4-12(8(16)18-6)5-11(3,19-9(12)17)7(2)14-15-10(13)20/h6H,4-5H2,1-3H3,(H3,13,15,20)/b14-7-/t6-,11-,12+/m0/s1. The maximum atomic E-state index is 12.2. The monoisotopic (exact) mass is 299 g/mol. The third-order valence-electron chi connectivity index (χ3n) is 3.78. The van der Waals surface area contributed by atoms with Crippen LogP contribution in [0.2, 0.25) is 0 Å². The second-order valence-electron chi connectivity index (χ2n) is 5.47. The molecule has 3 N–H and O–H groups in total. The summed E-state index contributed by atoms with van der Waals surface area (Å²) < 4.78 is 10.5. The van der Waals surface area contributed by atoms with Gasteiger partial charge in [-0.25, -0.2) is 0 Å². The Hall–Kier alpha value is -1.70. The summed E-state index contributed by atoms with van der Waals surface area (Å²) in [6.07, 6.45) is 0.247. The number of thiocarbonyl (C=S) groups is 1. The smallest absolute Gasteiger partial charge is 0.324 e. The van der Waals surface area contributed by atoms with Crippen LogP contribution in [0.4, 0.5) is 0 Å². The molecule has 2 saturated heterocycles. The van der Waals surface area contributed by atoms with Gasteiger partial charge in [-0.05, 0) is 33.0 Å². The summed E-state index contributed by atoms with van der Waals surface area (Å²) >= 11 is 4.66. The molecular formula is C12H17N3O4S. The van der Waals surface area contributed by atoms with Crippen molar-refractivity contribution in [1.82, 2.24) is 5.43 Å². The number of hydrazone groups is 1. The van der Waals surface area contributed by atoms with E-state index in [1.165, 1.54) is 0 Å². The number of carbonyl (C=O) groups excluding carboxylic acids is 2. The zero-order valence-electron chi connectivity index (χ0n) is 11.6. The van der Waals surface area contributed by atoms with Crippen molar-refractivity contribution in [2.24, 2.45) is 16.3 Å². The van der Waals surface area contributed by atoms with Crippen LogP contribution in [-0.4, -0.2) is 34.5 Å². The molecular weight excluding hydrogens is 282 g/mol. The first kappa shape index (κ1) is 14.7. The summed E-state index contributed by atoms with van der Waals surface area (Å²) in [5.74, 6) is -1.08. The van der Waals surface area contributed by atoms with Gasteiger partial charge < -0.3 is 15.2 Å². The van der Waals surface area contributed by atoms with E-state index in [9.17, 15) is 9.59 Å². The number of cyclic esters (lactones) is 2. The maximum Gasteiger partial charge on any atom is 0.324 e. The molecule has 0 aromatic carbocycles. The number of rotatable bonds is 2. The van der Waals surface area contributed by atoms with Gasteiger partial charge in [-0.15, -0.1) is 0 Å². The quantitative estimate of drug-likeness (QED) is 0.247. The van der Waals surface area contributed by atoms with Crippen molar-refractivity contribution in [3.05, 3.63) is 0 Å². The van der Waals surface area contributed by atoms with Crippen LogP contribution in [0.25, 0.3) is 0 Å². The molecule has 7 nitrogen and oxygen atoms in total. The molecule has 2 rings (SSSR count). The molecule has 0 aliphatic carbocycles. The normalized spacial score (nSPS) is 37.0. The van der Waals surface area contributed by atoms with Crippen molar-refractivity contribution < 1.29 is 19.1 Å². The Bertz CT molecular complexity index is 521. The first-order valence-electron chi connectivity index (χ1n) is 6.24. The van der Waals surface area contributed by atoms with Crippen LogP contribution >= 0.6 is 12.2 Å². The lowest BCUT2D eigenvalue weighted by molar-refractivity contribution is -0.158. The van der Waals surface area contributed by atoms with Crippen LogP contribution in [0.3, 0.4) is 0 Å². The average molecular weight is 299 g/mol. The predicted octanol–water partition coefficient (Wildman–Crippen LogP) is 0.223. The molecule has 110 valence electrons. The summed E-state index contributed by atoms with van der Waals surface area (Å²) in [7, 11) is 0. The fourth-order valence-corrected chi connectivity index (χ4v) is 2.71. The second-order valence-corrected chi connectivity index (χ2v) is 5.91. The lowest BCUT2D eigenvalue weighted by atomic mass is 9.77. The highest BCUT2D eigenvalue weighted by Gasteiger charge is 2.64. The fourth-order valence-electron chi connectivity index (χ4n) is 2.67. The van der Waals surface area contributed by atoms with E-state index in [0.29, 0.717) is 12.1 Å². The first-order chi connectivity index (χ1) is 9.19. The summed E-state index contributed by atoms with van der Waals surface area (Å²) in [6, 6.07) is 0. The molecule has 2 heterocycles. The molecule has 2 fully saturated rings. The predicted molar refractivity (Wildman–Crippen MR) is 74.7 cm³/mol. The van der Waals surface area contributed by atoms with Gasteiger partial charge in [-0.2, -0.15) is 5.10 Å². The number of carbonyl (C=O) groups is 2. The Morgan fingerprint density at radius 1 is 1.50 bits per heavy atom. The lowest BCUT2D eigenvalue weighted by Crippen LogP contribution is -2.37. The molecule has 3 atom stereocenters. The number of hydrogen-bond acceptors (Lipinski definition) is 6. The van der Waals surface area contributed by atoms with E-state index in [-0.39, 0.29) is 17.6 Å². The zero-order chi connectivity index (χ0) is 15.1. The molecule has 2 aliphatic heterocycles. The highest BCUT2D eigenvalue weighted by atomic mass is 32.1. The molecule has 0 saturated carbocycles. The van der Waals surface area contributed by atoms with Crippen LogP contribution < -0.4 is 11.2 Å². The van der Waals surface area contributed by atoms with Crippen molar-refractivity contribution in [3.63, 3.8) is 0 Å². The van der Waals surface area contributed by atoms with Crippen molar-refractivity contribution in [2.45, 2.75) is 45.3 Å². The summed E-state index contributed by atoms with van der Waals surface area (Å²) in [6.45, 7) is 5.14. The van der Waals surface area contributed by atoms with E-state index in [2.05, 4.69) is 22.7 Å². The molecule has 0 radical (unpaired) electrons. The van der Waals surface area contributed by atoms with Gasteiger partial charge >= 0.3 is 11.9 Å². The number of esters is 2. The van der Waals surface area contributed by atoms with Gasteiger partial charge in [0.25, 0.3) is 0 Å². The van der Waals surface area contributed by atoms with Gasteiger partial charge in [-0.1, -0.05) is 0 Å². The number of nitrogens with zero attached hydrogens (tertiary/aromatic N) is 1. The van der Waals surface area contributed by atoms with Gasteiger partial charge in [0, 0.05) is 12.8 Å². The third-order valence-corrected chi connectivity index (χ3v) is 3.87. The lowest BCUT2D eigenvalue weighted by Gasteiger charge is -2.22. The summed E-state index contributed by atoms with van der Waals surface area (Å²) in [5, 5.41) is 4.00. The Morgan fingerprint density at radius 2 is 2.15 bits per heavy atom. The van der Waals surface area contributed by atoms with Gasteiger partial charge in [0.15, 0.2) is 16.1 Å². The largest absolute Gasteiger partial charge is 0.462 e. The molecule has 8 heteroatoms. The molecule has 0 amide bonds. The van der Waals surface area contributed by atoms with Crippen molar-refractivity contribution in [1.29, 1.82) is 0 Å². The Kier molecular flexibility index (Phi) is 3.45. The highest BCUT2D eigenvalue weighted by Crippen LogP contribution is 2.49. The second kappa shape index (κ2) is 4.69. The number of nitrogens with one attached hydrogen (secondary N) is 1. The summed E-state index contributed by atoms with van der Waals surface area (Å²) in [5.41, 5.74) is 6.05. The van der Waals surface area contributed by atoms with E-state index < -0.39 is 23.0 Å². The van der Waals surface area contributed by atoms with Crippen LogP contribution in [0.1, 0.15) is 33.6 Å². The van der Waals surface area contributed by atoms with E-state index >= 15 is 0 Å². The van der Waals surface area contributed by atoms with Crippen molar-refractivity contribution in [2.75, 3.05) is 0 Å². The highest BCUT2D eigenvalue weighted by molar-refractivity contribution is 7.80. The zero-order valence-corrected chi connectivity index (χ0v) is 12.4. The van der Waals surface area contributed by atoms with Gasteiger partial charge in [0.05, 0.1) is 5.71 Å². The number of hydrogen-bond donors (Lipinski definition) is 2. The minimum atomic E-state index is -1.21. The van der Waals surface area contributed by atoms with Gasteiger partial charge in [0.1, 0.15) is 6.10 Å². The summed E-state index contributed by atoms with van der Waals surface area (Å²) in [4.78, 5) is 24.1. The van der Waals surface area contributed by atoms with E-state index in [4.69, 9.17) is 15.2 Å². The number of nitrogens with two attached hydrogens (primary N) is 1. The molecule has 20 heavy (non-hydrogen) atoms. The van der Waals surface area contributed by atoms with E-state index in [1.807, 2.05) is 0 Å². The molecule has 2 aliphatic rings. The van der Waals surface area contributed by atoms with Crippen LogP contribution in [0.5, 0.6) is 0 Å². The Morgan fingerprint density at radius 3 is 2.65 bits per heavy atom. The van der Waals surface area contributed by atoms with Gasteiger partial charge in [-0.3, -0.25) is 15.0 Å². The minimum absolute atomic E-state index is 0.0147. The molecule has 1 spiro atoms. The number of ether oxygens (including phenoxy) is 2. The van der Waals surface area contributed by atoms with Crippen LogP contribution in [-0.2, 0) is 19.1 Å². The minimum Gasteiger partial charge on any atom is -0.462 e. The maximum absolute atomic E-state index is 12.2. The average Bonchev–Trinajstić information content (AvgIpc) is 2.75. The fraction of sp³-hybridized carbons (Fsp3) is 0.667. The Labute approximate surface area is 121 Å². The van der Waals surface area contributed by atoms with Crippen LogP contribution in [0.15, 0.2) is 5.10 Å². The SMILES string of the molecule is C/C(=N/NC(N)=S)[C@]1(C)C[C@@]2(C[C@H](C)OC2=O)C(=O)O1. The molecule has 0 aromatic heterocycles. The van der Waals surface area contributed by atoms with E-state index in [0.717, 1.165) is 0 Å². The molecule has 0 bridgehead atoms. The van der Waals surface area contributed by atoms with Crippen molar-refractivity contribution >= 4 is 35.0 Å². The topological polar surface area (TPSA) is 103 Å². The Balaban J connectivity index is 2.25. The van der Waals surface area contributed by atoms with Crippen molar-refractivity contribution in [3.8, 4) is 0 Å². The third kappa shape index (κ3) is 2.24. The molecule has 0 aromatic rings. The first-order valence-corrected chi connectivity index (χ1v) is 6.65. The molecule has 0 unspecified atom stereocenters. The van der Waals surface area contributed by atoms with Gasteiger partial charge in [0.2, 0.25) is 0 Å². The van der Waals surface area contributed by atoms with Crippen LogP contribution in [0, 0.1) is 5.41 Å².